The van der Waals surface area contributed by atoms with Crippen molar-refractivity contribution in [3.63, 3.8) is 0 Å². The number of amides is 1. The normalized spacial score (nSPS) is 23.5. The summed E-state index contributed by atoms with van der Waals surface area (Å²) in [6, 6.07) is 6.32. The van der Waals surface area contributed by atoms with Crippen LogP contribution in [0.5, 0.6) is 0 Å². The van der Waals surface area contributed by atoms with Crippen molar-refractivity contribution in [2.75, 3.05) is 49.1 Å². The Hall–Kier alpha value is -1.67. The van der Waals surface area contributed by atoms with Gasteiger partial charge in [-0.2, -0.15) is 0 Å². The summed E-state index contributed by atoms with van der Waals surface area (Å²) in [6.07, 6.45) is 1.34. The highest BCUT2D eigenvalue weighted by molar-refractivity contribution is 7.91. The molecular formula is C20H30FN3O3S. The fourth-order valence-corrected chi connectivity index (χ4v) is 5.80. The average Bonchev–Trinajstić information content (AvgIpc) is 3.02. The average molecular weight is 412 g/mol. The Bertz CT molecular complexity index is 776. The van der Waals surface area contributed by atoms with E-state index in [-0.39, 0.29) is 35.3 Å². The molecule has 1 amide bonds. The first kappa shape index (κ1) is 21.0. The van der Waals surface area contributed by atoms with Gasteiger partial charge in [0, 0.05) is 44.0 Å². The summed E-state index contributed by atoms with van der Waals surface area (Å²) >= 11 is 0. The Balaban J connectivity index is 1.58. The molecule has 3 rings (SSSR count). The zero-order valence-corrected chi connectivity index (χ0v) is 17.5. The molecule has 2 atom stereocenters. The molecule has 8 heteroatoms. The number of nitrogens with zero attached hydrogens (tertiary/aromatic N) is 3. The second-order valence-electron chi connectivity index (χ2n) is 7.85. The van der Waals surface area contributed by atoms with Gasteiger partial charge >= 0.3 is 0 Å². The van der Waals surface area contributed by atoms with Gasteiger partial charge < -0.3 is 9.80 Å². The molecule has 0 aromatic heterocycles. The Morgan fingerprint density at radius 2 is 1.86 bits per heavy atom. The molecule has 1 aromatic rings. The second-order valence-corrected chi connectivity index (χ2v) is 10.1. The molecule has 0 saturated carbocycles. The molecule has 2 fully saturated rings. The lowest BCUT2D eigenvalue weighted by molar-refractivity contribution is -0.136. The van der Waals surface area contributed by atoms with Crippen molar-refractivity contribution in [3.8, 4) is 0 Å². The van der Waals surface area contributed by atoms with E-state index < -0.39 is 9.84 Å². The maximum Gasteiger partial charge on any atom is 0.237 e. The van der Waals surface area contributed by atoms with Crippen LogP contribution in [0.2, 0.25) is 0 Å². The maximum absolute atomic E-state index is 13.1. The minimum Gasteiger partial charge on any atom is -0.369 e. The zero-order valence-electron chi connectivity index (χ0n) is 16.7. The Labute approximate surface area is 167 Å². The lowest BCUT2D eigenvalue weighted by Crippen LogP contribution is -2.53. The molecule has 28 heavy (non-hydrogen) atoms. The topological polar surface area (TPSA) is 60.9 Å². The van der Waals surface area contributed by atoms with Crippen LogP contribution in [0.1, 0.15) is 26.7 Å². The third-order valence-electron chi connectivity index (χ3n) is 5.88. The van der Waals surface area contributed by atoms with Gasteiger partial charge in [-0.25, -0.2) is 12.8 Å². The summed E-state index contributed by atoms with van der Waals surface area (Å²) in [6.45, 7) is 7.39. The summed E-state index contributed by atoms with van der Waals surface area (Å²) in [5.74, 6) is 0.0362. The van der Waals surface area contributed by atoms with Crippen molar-refractivity contribution in [2.45, 2.75) is 38.8 Å². The van der Waals surface area contributed by atoms with Crippen LogP contribution in [0.15, 0.2) is 24.3 Å². The highest BCUT2D eigenvalue weighted by Gasteiger charge is 2.37. The van der Waals surface area contributed by atoms with Crippen molar-refractivity contribution < 1.29 is 17.6 Å². The molecule has 0 aliphatic carbocycles. The van der Waals surface area contributed by atoms with Crippen molar-refractivity contribution in [1.82, 2.24) is 9.80 Å². The SMILES string of the molecule is CC[C@H](C)N(C(=O)CN1CCN(c2ccc(F)cc2)CC1)[C@@H]1CCS(=O)(=O)C1. The monoisotopic (exact) mass is 411 g/mol. The van der Waals surface area contributed by atoms with E-state index in [2.05, 4.69) is 9.80 Å². The van der Waals surface area contributed by atoms with Gasteiger partial charge in [-0.3, -0.25) is 9.69 Å². The third kappa shape index (κ3) is 5.03. The Morgan fingerprint density at radius 3 is 2.39 bits per heavy atom. The van der Waals surface area contributed by atoms with Crippen molar-refractivity contribution >= 4 is 21.4 Å². The molecular weight excluding hydrogens is 381 g/mol. The van der Waals surface area contributed by atoms with Crippen LogP contribution in [0.3, 0.4) is 0 Å². The molecule has 1 aromatic carbocycles. The lowest BCUT2D eigenvalue weighted by atomic mass is 10.1. The van der Waals surface area contributed by atoms with E-state index in [4.69, 9.17) is 0 Å². The number of halogens is 1. The number of carbonyl (C=O) groups excluding carboxylic acids is 1. The highest BCUT2D eigenvalue weighted by atomic mass is 32.2. The molecule has 0 spiro atoms. The Morgan fingerprint density at radius 1 is 1.21 bits per heavy atom. The number of hydrogen-bond acceptors (Lipinski definition) is 5. The molecule has 0 N–H and O–H groups in total. The Kier molecular flexibility index (Phi) is 6.60. The molecule has 6 nitrogen and oxygen atoms in total. The maximum atomic E-state index is 13.1. The van der Waals surface area contributed by atoms with Crippen LogP contribution >= 0.6 is 0 Å². The molecule has 0 radical (unpaired) electrons. The molecule has 2 aliphatic heterocycles. The molecule has 2 heterocycles. The first-order valence-corrected chi connectivity index (χ1v) is 11.9. The third-order valence-corrected chi connectivity index (χ3v) is 7.63. The van der Waals surface area contributed by atoms with Crippen LogP contribution in [0.4, 0.5) is 10.1 Å². The van der Waals surface area contributed by atoms with E-state index in [9.17, 15) is 17.6 Å². The van der Waals surface area contributed by atoms with E-state index in [1.165, 1.54) is 12.1 Å². The fraction of sp³-hybridized carbons (Fsp3) is 0.650. The van der Waals surface area contributed by atoms with E-state index in [0.717, 1.165) is 38.3 Å². The van der Waals surface area contributed by atoms with Crippen LogP contribution in [0.25, 0.3) is 0 Å². The predicted octanol–water partition coefficient (Wildman–Crippen LogP) is 1.76. The predicted molar refractivity (Wildman–Crippen MR) is 109 cm³/mol. The van der Waals surface area contributed by atoms with Crippen molar-refractivity contribution in [1.29, 1.82) is 0 Å². The van der Waals surface area contributed by atoms with E-state index in [1.54, 1.807) is 12.1 Å². The minimum absolute atomic E-state index is 0.0201. The molecule has 0 unspecified atom stereocenters. The number of rotatable bonds is 6. The fourth-order valence-electron chi connectivity index (χ4n) is 4.09. The summed E-state index contributed by atoms with van der Waals surface area (Å²) in [7, 11) is -3.03. The van der Waals surface area contributed by atoms with Gasteiger partial charge in [0.1, 0.15) is 5.82 Å². The van der Waals surface area contributed by atoms with Gasteiger partial charge in [-0.15, -0.1) is 0 Å². The number of carbonyl (C=O) groups is 1. The van der Waals surface area contributed by atoms with E-state index >= 15 is 0 Å². The van der Waals surface area contributed by atoms with Gasteiger partial charge in [0.15, 0.2) is 9.84 Å². The van der Waals surface area contributed by atoms with E-state index in [1.807, 2.05) is 18.7 Å². The number of benzene rings is 1. The lowest BCUT2D eigenvalue weighted by Gasteiger charge is -2.39. The number of sulfone groups is 1. The number of anilines is 1. The smallest absolute Gasteiger partial charge is 0.237 e. The zero-order chi connectivity index (χ0) is 20.3. The van der Waals surface area contributed by atoms with E-state index in [0.29, 0.717) is 13.0 Å². The first-order valence-electron chi connectivity index (χ1n) is 10.0. The molecule has 2 saturated heterocycles. The number of hydrogen-bond donors (Lipinski definition) is 0. The van der Waals surface area contributed by atoms with Gasteiger partial charge in [-0.1, -0.05) is 6.92 Å². The molecule has 156 valence electrons. The van der Waals surface area contributed by atoms with Crippen molar-refractivity contribution in [2.24, 2.45) is 0 Å². The quantitative estimate of drug-likeness (QED) is 0.714. The van der Waals surface area contributed by atoms with Gasteiger partial charge in [-0.05, 0) is 44.0 Å². The molecule has 0 bridgehead atoms. The highest BCUT2D eigenvalue weighted by Crippen LogP contribution is 2.22. The summed E-state index contributed by atoms with van der Waals surface area (Å²) in [5, 5.41) is 0. The van der Waals surface area contributed by atoms with Gasteiger partial charge in [0.05, 0.1) is 18.1 Å². The largest absolute Gasteiger partial charge is 0.369 e. The second kappa shape index (κ2) is 8.78. The summed E-state index contributed by atoms with van der Waals surface area (Å²) in [5.41, 5.74) is 0.991. The van der Waals surface area contributed by atoms with Crippen LogP contribution in [0, 0.1) is 5.82 Å². The van der Waals surface area contributed by atoms with Crippen molar-refractivity contribution in [3.05, 3.63) is 30.1 Å². The number of piperazine rings is 1. The van der Waals surface area contributed by atoms with Gasteiger partial charge in [0.25, 0.3) is 0 Å². The van der Waals surface area contributed by atoms with Crippen LogP contribution < -0.4 is 4.90 Å². The van der Waals surface area contributed by atoms with Crippen LogP contribution in [-0.2, 0) is 14.6 Å². The van der Waals surface area contributed by atoms with Gasteiger partial charge in [0.2, 0.25) is 5.91 Å². The first-order chi connectivity index (χ1) is 13.3. The molecule has 2 aliphatic rings. The summed E-state index contributed by atoms with van der Waals surface area (Å²) < 4.78 is 36.9. The summed E-state index contributed by atoms with van der Waals surface area (Å²) in [4.78, 5) is 19.2. The standard InChI is InChI=1S/C20H30FN3O3S/c1-3-16(2)24(19-8-13-28(26,27)15-19)20(25)14-22-9-11-23(12-10-22)18-6-4-17(21)5-7-18/h4-7,16,19H,3,8-15H2,1-2H3/t16-,19+/m0/s1. The van der Waals surface area contributed by atoms with Crippen LogP contribution in [-0.4, -0.2) is 80.4 Å². The minimum atomic E-state index is -3.03.